The first-order chi connectivity index (χ1) is 9.69. The molecule has 0 aliphatic heterocycles. The molecule has 0 atom stereocenters. The molecule has 2 nitrogen and oxygen atoms in total. The number of aromatic nitrogens is 1. The van der Waals surface area contributed by atoms with Crippen LogP contribution in [0, 0.1) is 0 Å². The lowest BCUT2D eigenvalue weighted by atomic mass is 10.2. The van der Waals surface area contributed by atoms with E-state index in [2.05, 4.69) is 51.0 Å². The van der Waals surface area contributed by atoms with Gasteiger partial charge in [0.1, 0.15) is 5.75 Å². The van der Waals surface area contributed by atoms with Crippen molar-refractivity contribution in [2.75, 3.05) is 7.11 Å². The van der Waals surface area contributed by atoms with E-state index in [0.29, 0.717) is 0 Å². The van der Waals surface area contributed by atoms with Gasteiger partial charge in [-0.2, -0.15) is 0 Å². The van der Waals surface area contributed by atoms with Gasteiger partial charge in [0.2, 0.25) is 0 Å². The Bertz CT molecular complexity index is 766. The number of methoxy groups -OCH3 is 1. The van der Waals surface area contributed by atoms with Crippen molar-refractivity contribution in [1.82, 2.24) is 4.57 Å². The van der Waals surface area contributed by atoms with Gasteiger partial charge < -0.3 is 9.30 Å². The van der Waals surface area contributed by atoms with Gasteiger partial charge in [-0.05, 0) is 45.8 Å². The van der Waals surface area contributed by atoms with Crippen LogP contribution < -0.4 is 4.74 Å². The fraction of sp³-hybridized carbons (Fsp3) is 0.125. The summed E-state index contributed by atoms with van der Waals surface area (Å²) in [7, 11) is 1.67. The predicted molar refractivity (Wildman–Crippen MR) is 86.7 cm³/mol. The Morgan fingerprint density at radius 1 is 1.20 bits per heavy atom. The van der Waals surface area contributed by atoms with E-state index in [0.717, 1.165) is 32.7 Å². The molecule has 3 aromatic rings. The van der Waals surface area contributed by atoms with Crippen molar-refractivity contribution in [2.24, 2.45) is 0 Å². The number of para-hydroxylation sites is 1. The van der Waals surface area contributed by atoms with E-state index in [9.17, 15) is 0 Å². The summed E-state index contributed by atoms with van der Waals surface area (Å²) in [5.41, 5.74) is 2.26. The summed E-state index contributed by atoms with van der Waals surface area (Å²) < 4.78 is 8.37. The lowest BCUT2D eigenvalue weighted by molar-refractivity contribution is 0.412. The van der Waals surface area contributed by atoms with Crippen LogP contribution in [-0.4, -0.2) is 11.7 Å². The summed E-state index contributed by atoms with van der Waals surface area (Å²) in [6.45, 7) is 0.774. The highest BCUT2D eigenvalue weighted by molar-refractivity contribution is 9.10. The molecule has 1 aromatic heterocycles. The van der Waals surface area contributed by atoms with Gasteiger partial charge in [-0.15, -0.1) is 0 Å². The van der Waals surface area contributed by atoms with E-state index in [1.165, 1.54) is 5.56 Å². The monoisotopic (exact) mass is 349 g/mol. The predicted octanol–water partition coefficient (Wildman–Crippen LogP) is 5.11. The molecule has 0 radical (unpaired) electrons. The average Bonchev–Trinajstić information content (AvgIpc) is 2.84. The second-order valence-electron chi connectivity index (χ2n) is 4.59. The molecule has 0 saturated heterocycles. The Morgan fingerprint density at radius 2 is 2.05 bits per heavy atom. The van der Waals surface area contributed by atoms with Crippen LogP contribution in [0.25, 0.3) is 10.9 Å². The fourth-order valence-electron chi connectivity index (χ4n) is 2.35. The maximum absolute atomic E-state index is 6.30. The van der Waals surface area contributed by atoms with E-state index in [1.807, 2.05) is 18.2 Å². The Labute approximate surface area is 131 Å². The number of fused-ring (bicyclic) bond motifs is 1. The number of halogens is 2. The van der Waals surface area contributed by atoms with E-state index >= 15 is 0 Å². The lowest BCUT2D eigenvalue weighted by Crippen LogP contribution is -1.98. The first kappa shape index (κ1) is 13.5. The Kier molecular flexibility index (Phi) is 3.72. The third-order valence-electron chi connectivity index (χ3n) is 3.31. The summed E-state index contributed by atoms with van der Waals surface area (Å²) in [6.07, 6.45) is 2.06. The molecule has 0 unspecified atom stereocenters. The van der Waals surface area contributed by atoms with Gasteiger partial charge in [0, 0.05) is 18.1 Å². The maximum Gasteiger partial charge on any atom is 0.133 e. The molecule has 2 aromatic carbocycles. The molecule has 0 aliphatic carbocycles. The smallest absolute Gasteiger partial charge is 0.133 e. The van der Waals surface area contributed by atoms with Crippen LogP contribution in [0.4, 0.5) is 0 Å². The molecule has 102 valence electrons. The van der Waals surface area contributed by atoms with E-state index in [4.69, 9.17) is 16.3 Å². The van der Waals surface area contributed by atoms with Crippen LogP contribution >= 0.6 is 27.5 Å². The normalized spacial score (nSPS) is 10.9. The zero-order chi connectivity index (χ0) is 14.1. The first-order valence-corrected chi connectivity index (χ1v) is 7.42. The standard InChI is InChI=1S/C16H13BrClNO/c1-20-15-6-5-11(9-13(15)17)10-19-8-7-12-3-2-4-14(18)16(12)19/h2-9H,10H2,1H3. The van der Waals surface area contributed by atoms with E-state index in [-0.39, 0.29) is 0 Å². The van der Waals surface area contributed by atoms with Crippen molar-refractivity contribution in [3.05, 3.63) is 63.7 Å². The average molecular weight is 351 g/mol. The molecule has 4 heteroatoms. The third-order valence-corrected chi connectivity index (χ3v) is 4.23. The molecule has 0 spiro atoms. The van der Waals surface area contributed by atoms with Crippen LogP contribution in [0.2, 0.25) is 5.02 Å². The number of hydrogen-bond acceptors (Lipinski definition) is 1. The largest absolute Gasteiger partial charge is 0.496 e. The molecular weight excluding hydrogens is 338 g/mol. The summed E-state index contributed by atoms with van der Waals surface area (Å²) in [6, 6.07) is 14.1. The molecule has 0 saturated carbocycles. The first-order valence-electron chi connectivity index (χ1n) is 6.25. The summed E-state index contributed by atoms with van der Waals surface area (Å²) in [4.78, 5) is 0. The molecule has 0 amide bonds. The van der Waals surface area contributed by atoms with Crippen molar-refractivity contribution in [3.63, 3.8) is 0 Å². The molecule has 1 heterocycles. The van der Waals surface area contributed by atoms with Crippen molar-refractivity contribution in [2.45, 2.75) is 6.54 Å². The van der Waals surface area contributed by atoms with Gasteiger partial charge in [0.15, 0.2) is 0 Å². The number of ether oxygens (including phenoxy) is 1. The molecule has 0 fully saturated rings. The Morgan fingerprint density at radius 3 is 2.80 bits per heavy atom. The van der Waals surface area contributed by atoms with Gasteiger partial charge in [-0.1, -0.05) is 29.8 Å². The zero-order valence-corrected chi connectivity index (χ0v) is 13.3. The molecule has 0 bridgehead atoms. The number of benzene rings is 2. The van der Waals surface area contributed by atoms with Crippen molar-refractivity contribution in [1.29, 1.82) is 0 Å². The molecular formula is C16H13BrClNO. The third kappa shape index (κ3) is 2.43. The van der Waals surface area contributed by atoms with Gasteiger partial charge in [0.05, 0.1) is 22.1 Å². The highest BCUT2D eigenvalue weighted by Gasteiger charge is 2.07. The highest BCUT2D eigenvalue weighted by Crippen LogP contribution is 2.28. The topological polar surface area (TPSA) is 14.2 Å². The van der Waals surface area contributed by atoms with Gasteiger partial charge in [-0.3, -0.25) is 0 Å². The highest BCUT2D eigenvalue weighted by atomic mass is 79.9. The van der Waals surface area contributed by atoms with Crippen LogP contribution in [0.15, 0.2) is 53.1 Å². The second kappa shape index (κ2) is 5.51. The van der Waals surface area contributed by atoms with Crippen LogP contribution in [0.5, 0.6) is 5.75 Å². The summed E-state index contributed by atoms with van der Waals surface area (Å²) in [5, 5.41) is 1.94. The fourth-order valence-corrected chi connectivity index (χ4v) is 3.23. The minimum Gasteiger partial charge on any atom is -0.496 e. The quantitative estimate of drug-likeness (QED) is 0.640. The van der Waals surface area contributed by atoms with E-state index < -0.39 is 0 Å². The summed E-state index contributed by atoms with van der Waals surface area (Å²) >= 11 is 9.81. The van der Waals surface area contributed by atoms with Gasteiger partial charge in [0.25, 0.3) is 0 Å². The zero-order valence-electron chi connectivity index (χ0n) is 10.9. The van der Waals surface area contributed by atoms with Gasteiger partial charge >= 0.3 is 0 Å². The Balaban J connectivity index is 1.99. The minimum absolute atomic E-state index is 0.774. The number of hydrogen-bond donors (Lipinski definition) is 0. The molecule has 20 heavy (non-hydrogen) atoms. The van der Waals surface area contributed by atoms with Crippen LogP contribution in [-0.2, 0) is 6.54 Å². The van der Waals surface area contributed by atoms with Gasteiger partial charge in [-0.25, -0.2) is 0 Å². The van der Waals surface area contributed by atoms with Crippen LogP contribution in [0.3, 0.4) is 0 Å². The summed E-state index contributed by atoms with van der Waals surface area (Å²) in [5.74, 6) is 0.837. The Hall–Kier alpha value is -1.45. The maximum atomic E-state index is 6.30. The van der Waals surface area contributed by atoms with Crippen LogP contribution in [0.1, 0.15) is 5.56 Å². The van der Waals surface area contributed by atoms with E-state index in [1.54, 1.807) is 7.11 Å². The molecule has 0 aliphatic rings. The van der Waals surface area contributed by atoms with Crippen molar-refractivity contribution < 1.29 is 4.74 Å². The molecule has 3 rings (SSSR count). The second-order valence-corrected chi connectivity index (χ2v) is 5.85. The lowest BCUT2D eigenvalue weighted by Gasteiger charge is -2.09. The SMILES string of the molecule is COc1ccc(Cn2ccc3cccc(Cl)c32)cc1Br. The number of rotatable bonds is 3. The van der Waals surface area contributed by atoms with Crippen molar-refractivity contribution >= 4 is 38.4 Å². The number of nitrogens with zero attached hydrogens (tertiary/aromatic N) is 1. The van der Waals surface area contributed by atoms with Crippen molar-refractivity contribution in [3.8, 4) is 5.75 Å². The minimum atomic E-state index is 0.774. The molecule has 0 N–H and O–H groups in total.